The van der Waals surface area contributed by atoms with Gasteiger partial charge < -0.3 is 8.98 Å². The van der Waals surface area contributed by atoms with E-state index in [1.807, 2.05) is 42.5 Å². The van der Waals surface area contributed by atoms with E-state index < -0.39 is 0 Å². The van der Waals surface area contributed by atoms with Gasteiger partial charge in [-0.25, -0.2) is 4.98 Å². The van der Waals surface area contributed by atoms with Crippen molar-refractivity contribution in [1.29, 1.82) is 0 Å². The van der Waals surface area contributed by atoms with Crippen molar-refractivity contribution in [3.8, 4) is 67.8 Å². The molecule has 6 nitrogen and oxygen atoms in total. The van der Waals surface area contributed by atoms with Crippen LogP contribution in [0.15, 0.2) is 241 Å². The first-order valence-corrected chi connectivity index (χ1v) is 23.3. The Balaban J connectivity index is 1.11. The highest BCUT2D eigenvalue weighted by Gasteiger charge is 2.25. The zero-order valence-corrected chi connectivity index (χ0v) is 37.2. The van der Waals surface area contributed by atoms with Gasteiger partial charge in [-0.15, -0.1) is 0 Å². The maximum Gasteiger partial charge on any atom is 0.238 e. The minimum Gasteiger partial charge on any atom is -0.456 e. The molecular weight excluding hydrogens is 843 g/mol. The van der Waals surface area contributed by atoms with Crippen LogP contribution < -0.4 is 0 Å². The number of hydrogen-bond donors (Lipinski definition) is 0. The van der Waals surface area contributed by atoms with Gasteiger partial charge in [0.15, 0.2) is 11.6 Å². The molecule has 14 aromatic rings. The molecule has 0 aliphatic carbocycles. The summed E-state index contributed by atoms with van der Waals surface area (Å²) in [4.78, 5) is 16.4. The van der Waals surface area contributed by atoms with Crippen LogP contribution in [0.4, 0.5) is 0 Å². The van der Waals surface area contributed by atoms with E-state index in [4.69, 9.17) is 19.4 Å². The summed E-state index contributed by atoms with van der Waals surface area (Å²) in [5.74, 6) is 1.65. The highest BCUT2D eigenvalue weighted by atomic mass is 16.3. The molecule has 0 N–H and O–H groups in total. The van der Waals surface area contributed by atoms with Gasteiger partial charge in [0.05, 0.1) is 22.1 Å². The Morgan fingerprint density at radius 3 is 1.36 bits per heavy atom. The average Bonchev–Trinajstić information content (AvgIpc) is 4.10. The fraction of sp³-hybridized carbons (Fsp3) is 0. The van der Waals surface area contributed by atoms with Crippen LogP contribution in [-0.2, 0) is 0 Å². The van der Waals surface area contributed by atoms with Crippen LogP contribution >= 0.6 is 0 Å². The van der Waals surface area contributed by atoms with Crippen molar-refractivity contribution in [2.45, 2.75) is 0 Å². The molecule has 0 aliphatic heterocycles. The monoisotopic (exact) mass is 881 g/mol. The fourth-order valence-corrected chi connectivity index (χ4v) is 10.5. The van der Waals surface area contributed by atoms with E-state index in [0.29, 0.717) is 17.6 Å². The first-order valence-electron chi connectivity index (χ1n) is 23.3. The van der Waals surface area contributed by atoms with Crippen LogP contribution in [0.3, 0.4) is 0 Å². The minimum atomic E-state index is 0.519. The van der Waals surface area contributed by atoms with E-state index in [1.165, 1.54) is 0 Å². The summed E-state index contributed by atoms with van der Waals surface area (Å²) >= 11 is 0. The highest BCUT2D eigenvalue weighted by molar-refractivity contribution is 6.24. The van der Waals surface area contributed by atoms with Crippen molar-refractivity contribution in [2.75, 3.05) is 0 Å². The smallest absolute Gasteiger partial charge is 0.238 e. The molecule has 0 aliphatic rings. The largest absolute Gasteiger partial charge is 0.456 e. The molecule has 4 heterocycles. The summed E-state index contributed by atoms with van der Waals surface area (Å²) in [5.41, 5.74) is 15.3. The van der Waals surface area contributed by atoms with Crippen LogP contribution in [-0.4, -0.2) is 24.1 Å². The second-order valence-electron chi connectivity index (χ2n) is 17.5. The van der Waals surface area contributed by atoms with Crippen molar-refractivity contribution in [3.05, 3.63) is 237 Å². The number of para-hydroxylation sites is 2. The molecule has 0 spiro atoms. The van der Waals surface area contributed by atoms with Gasteiger partial charge >= 0.3 is 0 Å². The Morgan fingerprint density at radius 2 is 0.768 bits per heavy atom. The van der Waals surface area contributed by atoms with Gasteiger partial charge in [-0.1, -0.05) is 194 Å². The number of benzene rings is 10. The third-order valence-electron chi connectivity index (χ3n) is 13.6. The van der Waals surface area contributed by atoms with Gasteiger partial charge in [0.25, 0.3) is 0 Å². The molecule has 0 unspecified atom stereocenters. The van der Waals surface area contributed by atoms with Crippen LogP contribution in [0.25, 0.3) is 133 Å². The van der Waals surface area contributed by atoms with E-state index in [2.05, 4.69) is 203 Å². The zero-order valence-electron chi connectivity index (χ0n) is 37.2. The van der Waals surface area contributed by atoms with Gasteiger partial charge in [-0.3, -0.25) is 4.57 Å². The molecule has 14 rings (SSSR count). The Kier molecular flexibility index (Phi) is 8.79. The topological polar surface area (TPSA) is 61.7 Å². The van der Waals surface area contributed by atoms with E-state index in [0.717, 1.165) is 116 Å². The lowest BCUT2D eigenvalue weighted by atomic mass is 9.97. The Labute approximate surface area is 396 Å². The standard InChI is InChI=1S/C63H39N5O/c1-5-19-40(20-6-1)44-37-45(41-21-7-2-8-22-41)39-46(38-44)67-53-31-15-13-27-48(53)50-35-36-51-49-28-14-16-32-54(49)68(60(51)59(50)67)63-65-61(43-25-11-4-12-26-43)64-62(66-63)52-30-18-34-56-58(52)57-47(29-17-33-55(57)69-56)42-23-9-3-10-24-42/h1-39H. The lowest BCUT2D eigenvalue weighted by Gasteiger charge is -2.16. The summed E-state index contributed by atoms with van der Waals surface area (Å²) in [7, 11) is 0. The first-order chi connectivity index (χ1) is 34.2. The summed E-state index contributed by atoms with van der Waals surface area (Å²) in [6, 6.07) is 83.3. The van der Waals surface area contributed by atoms with Crippen molar-refractivity contribution in [1.82, 2.24) is 24.1 Å². The van der Waals surface area contributed by atoms with Gasteiger partial charge in [0.2, 0.25) is 5.95 Å². The van der Waals surface area contributed by atoms with E-state index >= 15 is 0 Å². The zero-order chi connectivity index (χ0) is 45.4. The molecule has 69 heavy (non-hydrogen) atoms. The Bertz CT molecular complexity index is 4230. The molecule has 322 valence electrons. The lowest BCUT2D eigenvalue weighted by Crippen LogP contribution is -2.07. The molecule has 0 atom stereocenters. The second-order valence-corrected chi connectivity index (χ2v) is 17.5. The molecule has 10 aromatic carbocycles. The van der Waals surface area contributed by atoms with Crippen LogP contribution in [0.2, 0.25) is 0 Å². The fourth-order valence-electron chi connectivity index (χ4n) is 10.5. The molecule has 0 amide bonds. The van der Waals surface area contributed by atoms with Crippen molar-refractivity contribution in [3.63, 3.8) is 0 Å². The maximum absolute atomic E-state index is 6.64. The molecule has 0 saturated heterocycles. The molecule has 0 radical (unpaired) electrons. The third kappa shape index (κ3) is 6.23. The van der Waals surface area contributed by atoms with E-state index in [-0.39, 0.29) is 0 Å². The van der Waals surface area contributed by atoms with Crippen molar-refractivity contribution >= 4 is 65.6 Å². The number of furan rings is 1. The summed E-state index contributed by atoms with van der Waals surface area (Å²) in [5, 5.41) is 6.48. The van der Waals surface area contributed by atoms with Gasteiger partial charge in [-0.05, 0) is 75.8 Å². The molecule has 0 saturated carbocycles. The number of rotatable bonds is 7. The van der Waals surface area contributed by atoms with Gasteiger partial charge in [0, 0.05) is 49.1 Å². The second kappa shape index (κ2) is 15.6. The average molecular weight is 882 g/mol. The van der Waals surface area contributed by atoms with Crippen LogP contribution in [0.1, 0.15) is 0 Å². The predicted octanol–water partition coefficient (Wildman–Crippen LogP) is 16.3. The number of hydrogen-bond acceptors (Lipinski definition) is 4. The first kappa shape index (κ1) is 38.8. The van der Waals surface area contributed by atoms with E-state index in [9.17, 15) is 0 Å². The molecular formula is C63H39N5O. The summed E-state index contributed by atoms with van der Waals surface area (Å²) in [6.45, 7) is 0. The van der Waals surface area contributed by atoms with E-state index in [1.54, 1.807) is 0 Å². The number of fused-ring (bicyclic) bond motifs is 10. The van der Waals surface area contributed by atoms with Gasteiger partial charge in [-0.2, -0.15) is 9.97 Å². The Morgan fingerprint density at radius 1 is 0.304 bits per heavy atom. The van der Waals surface area contributed by atoms with Crippen molar-refractivity contribution in [2.24, 2.45) is 0 Å². The van der Waals surface area contributed by atoms with Crippen molar-refractivity contribution < 1.29 is 4.42 Å². The normalized spacial score (nSPS) is 11.8. The lowest BCUT2D eigenvalue weighted by molar-refractivity contribution is 0.669. The minimum absolute atomic E-state index is 0.519. The predicted molar refractivity (Wildman–Crippen MR) is 283 cm³/mol. The Hall–Kier alpha value is -9.39. The summed E-state index contributed by atoms with van der Waals surface area (Å²) < 4.78 is 11.4. The van der Waals surface area contributed by atoms with Crippen LogP contribution in [0, 0.1) is 0 Å². The highest BCUT2D eigenvalue weighted by Crippen LogP contribution is 2.44. The maximum atomic E-state index is 6.64. The van der Waals surface area contributed by atoms with Gasteiger partial charge in [0.1, 0.15) is 11.2 Å². The SMILES string of the molecule is c1ccc(-c2cc(-c3ccccc3)cc(-n3c4ccccc4c4ccc5c6ccccc6n(-c6nc(-c7ccccc7)nc(-c7cccc8oc9cccc(-c%10ccccc%10)c9c78)n6)c5c43)c2)cc1. The molecule has 0 fully saturated rings. The number of aromatic nitrogens is 5. The third-order valence-corrected chi connectivity index (χ3v) is 13.6. The summed E-state index contributed by atoms with van der Waals surface area (Å²) in [6.07, 6.45) is 0. The molecule has 0 bridgehead atoms. The quantitative estimate of drug-likeness (QED) is 0.160. The van der Waals surface area contributed by atoms with Crippen LogP contribution in [0.5, 0.6) is 0 Å². The number of nitrogens with zero attached hydrogens (tertiary/aromatic N) is 5. The molecule has 6 heteroatoms. The molecule has 4 aromatic heterocycles.